The third-order valence-corrected chi connectivity index (χ3v) is 7.75. The van der Waals surface area contributed by atoms with Gasteiger partial charge in [0.15, 0.2) is 23.0 Å². The largest absolute Gasteiger partial charge is 0.493 e. The molecule has 12 nitrogen and oxygen atoms in total. The van der Waals surface area contributed by atoms with Crippen LogP contribution < -0.4 is 38.7 Å². The van der Waals surface area contributed by atoms with E-state index in [0.29, 0.717) is 51.4 Å². The molecule has 4 unspecified atom stereocenters. The molecule has 0 spiro atoms. The molecule has 3 aromatic carbocycles. The number of imide groups is 1. The predicted molar refractivity (Wildman–Crippen MR) is 162 cm³/mol. The van der Waals surface area contributed by atoms with E-state index in [9.17, 15) is 14.7 Å². The maximum Gasteiger partial charge on any atom is 0.254 e. The number of hydrogen-bond donors (Lipinski definition) is 2. The van der Waals surface area contributed by atoms with Crippen molar-refractivity contribution >= 4 is 23.2 Å². The minimum atomic E-state index is -1.22. The smallest absolute Gasteiger partial charge is 0.254 e. The van der Waals surface area contributed by atoms with Crippen molar-refractivity contribution in [2.75, 3.05) is 53.0 Å². The summed E-state index contributed by atoms with van der Waals surface area (Å²) in [6.07, 6.45) is 2.16. The van der Waals surface area contributed by atoms with Crippen LogP contribution in [-0.2, 0) is 9.59 Å². The Labute approximate surface area is 255 Å². The van der Waals surface area contributed by atoms with Crippen molar-refractivity contribution in [3.8, 4) is 34.5 Å². The summed E-state index contributed by atoms with van der Waals surface area (Å²) in [5.74, 6) is 0.564. The van der Waals surface area contributed by atoms with E-state index in [2.05, 4.69) is 5.43 Å². The number of nitrogens with one attached hydrogen (secondary N) is 1. The molecular weight excluding hydrogens is 570 g/mol. The molecule has 3 aromatic rings. The van der Waals surface area contributed by atoms with Gasteiger partial charge in [-0.15, -0.1) is 0 Å². The van der Waals surface area contributed by atoms with Gasteiger partial charge in [0.25, 0.3) is 5.91 Å². The lowest BCUT2D eigenvalue weighted by atomic mass is 9.90. The van der Waals surface area contributed by atoms with E-state index in [1.54, 1.807) is 65.7 Å². The second-order valence-corrected chi connectivity index (χ2v) is 10.0. The Morgan fingerprint density at radius 3 is 1.73 bits per heavy atom. The summed E-state index contributed by atoms with van der Waals surface area (Å²) >= 11 is 0. The fourth-order valence-corrected chi connectivity index (χ4v) is 5.67. The number of aliphatic hydroxyl groups excluding tert-OH is 1. The number of nitrogens with zero attached hydrogens (tertiary/aromatic N) is 2. The number of anilines is 2. The zero-order valence-electron chi connectivity index (χ0n) is 25.3. The second kappa shape index (κ2) is 12.7. The molecule has 2 aliphatic rings. The Morgan fingerprint density at radius 2 is 1.23 bits per heavy atom. The van der Waals surface area contributed by atoms with Gasteiger partial charge in [-0.25, -0.2) is 9.91 Å². The zero-order valence-corrected chi connectivity index (χ0v) is 25.3. The summed E-state index contributed by atoms with van der Waals surface area (Å²) in [6.45, 7) is 0. The number of fused-ring (bicyclic) bond motifs is 1. The Hall–Kier alpha value is -4.94. The average Bonchev–Trinajstić information content (AvgIpc) is 3.32. The molecule has 0 bridgehead atoms. The summed E-state index contributed by atoms with van der Waals surface area (Å²) in [5.41, 5.74) is 4.63. The molecule has 0 radical (unpaired) electrons. The van der Waals surface area contributed by atoms with Crippen molar-refractivity contribution in [2.24, 2.45) is 5.92 Å². The number of carbonyl (C=O) groups excluding carboxylic acids is 2. The minimum absolute atomic E-state index is 0.352. The zero-order chi connectivity index (χ0) is 31.5. The van der Waals surface area contributed by atoms with Crippen molar-refractivity contribution in [1.29, 1.82) is 0 Å². The number of amides is 2. The molecule has 4 atom stereocenters. The summed E-state index contributed by atoms with van der Waals surface area (Å²) in [4.78, 5) is 28.9. The van der Waals surface area contributed by atoms with E-state index in [0.717, 1.165) is 0 Å². The van der Waals surface area contributed by atoms with E-state index in [-0.39, 0.29) is 5.91 Å². The number of para-hydroxylation sites is 1. The van der Waals surface area contributed by atoms with Crippen LogP contribution in [0.5, 0.6) is 34.5 Å². The Bertz CT molecular complexity index is 1510. The van der Waals surface area contributed by atoms with Gasteiger partial charge in [-0.2, -0.15) is 0 Å². The van der Waals surface area contributed by atoms with E-state index in [1.807, 2.05) is 6.07 Å². The van der Waals surface area contributed by atoms with Gasteiger partial charge in [0.05, 0.1) is 66.0 Å². The number of ether oxygens (including phenoxy) is 6. The molecule has 5 rings (SSSR count). The molecule has 2 N–H and O–H groups in total. The van der Waals surface area contributed by atoms with Crippen LogP contribution in [-0.4, -0.2) is 76.7 Å². The van der Waals surface area contributed by atoms with Gasteiger partial charge in [0.1, 0.15) is 12.1 Å². The van der Waals surface area contributed by atoms with Crippen molar-refractivity contribution < 1.29 is 43.1 Å². The van der Waals surface area contributed by atoms with Crippen LogP contribution in [0.3, 0.4) is 0 Å². The van der Waals surface area contributed by atoms with Gasteiger partial charge in [-0.05, 0) is 29.8 Å². The van der Waals surface area contributed by atoms with Crippen LogP contribution in [0.1, 0.15) is 11.7 Å². The molecule has 0 saturated carbocycles. The molecular formula is C32H35N3O9. The lowest BCUT2D eigenvalue weighted by molar-refractivity contribution is -0.123. The van der Waals surface area contributed by atoms with Crippen molar-refractivity contribution in [3.05, 3.63) is 72.3 Å². The summed E-state index contributed by atoms with van der Waals surface area (Å²) in [5, 5.41) is 13.5. The third kappa shape index (κ3) is 5.22. The Kier molecular flexibility index (Phi) is 8.83. The predicted octanol–water partition coefficient (Wildman–Crippen LogP) is 3.60. The fraction of sp³-hybridized carbons (Fsp3) is 0.312. The quantitative estimate of drug-likeness (QED) is 0.246. The number of aliphatic hydroxyl groups is 1. The molecule has 232 valence electrons. The molecule has 1 saturated heterocycles. The molecule has 2 amide bonds. The first-order valence-corrected chi connectivity index (χ1v) is 13.8. The third-order valence-electron chi connectivity index (χ3n) is 7.75. The number of hydrazine groups is 1. The van der Waals surface area contributed by atoms with E-state index >= 15 is 0 Å². The number of methoxy groups -OCH3 is 6. The Morgan fingerprint density at radius 1 is 0.705 bits per heavy atom. The topological polar surface area (TPSA) is 128 Å². The van der Waals surface area contributed by atoms with Crippen LogP contribution >= 0.6 is 0 Å². The first-order valence-electron chi connectivity index (χ1n) is 13.8. The first kappa shape index (κ1) is 30.5. The normalized spacial score (nSPS) is 20.2. The Balaban J connectivity index is 1.61. The minimum Gasteiger partial charge on any atom is -0.493 e. The number of carbonyl (C=O) groups is 2. The van der Waals surface area contributed by atoms with Gasteiger partial charge in [-0.3, -0.25) is 9.59 Å². The van der Waals surface area contributed by atoms with E-state index < -0.39 is 30.0 Å². The highest BCUT2D eigenvalue weighted by atomic mass is 16.5. The van der Waals surface area contributed by atoms with E-state index in [4.69, 9.17) is 28.4 Å². The highest BCUT2D eigenvalue weighted by Gasteiger charge is 2.54. The summed E-state index contributed by atoms with van der Waals surface area (Å²) in [7, 11) is 8.95. The molecule has 1 fully saturated rings. The maximum atomic E-state index is 14.1. The maximum absolute atomic E-state index is 14.1. The lowest BCUT2D eigenvalue weighted by Gasteiger charge is -2.41. The van der Waals surface area contributed by atoms with Crippen LogP contribution in [0.25, 0.3) is 0 Å². The monoisotopic (exact) mass is 605 g/mol. The standard InChI is InChI=1S/C32H35N3O9/c1-39-23-14-18(15-24(40-2)29(23)43-5)28(36)22-13-12-21-27(32(38)34(31(21)37)20-10-8-7-9-11-20)35(22)33-19-16-25(41-3)30(44-6)26(17-19)42-4/h7-17,21-22,27-28,33,36H,1-6H3. The number of rotatable bonds is 11. The summed E-state index contributed by atoms with van der Waals surface area (Å²) < 4.78 is 33.0. The van der Waals surface area contributed by atoms with Gasteiger partial charge in [0, 0.05) is 12.1 Å². The van der Waals surface area contributed by atoms with Gasteiger partial charge in [0.2, 0.25) is 17.4 Å². The van der Waals surface area contributed by atoms with Crippen LogP contribution in [0.4, 0.5) is 11.4 Å². The SMILES string of the molecule is COc1cc(NN2C(C(O)c3cc(OC)c(OC)c(OC)c3)C=CC3C(=O)N(c4ccccc4)C(=O)C32)cc(OC)c1OC. The second-order valence-electron chi connectivity index (χ2n) is 10.0. The molecule has 0 aliphatic carbocycles. The van der Waals surface area contributed by atoms with Crippen LogP contribution in [0.15, 0.2) is 66.7 Å². The van der Waals surface area contributed by atoms with Gasteiger partial charge in [-0.1, -0.05) is 30.4 Å². The molecule has 44 heavy (non-hydrogen) atoms. The van der Waals surface area contributed by atoms with Crippen LogP contribution in [0, 0.1) is 5.92 Å². The van der Waals surface area contributed by atoms with E-state index in [1.165, 1.54) is 47.6 Å². The summed E-state index contributed by atoms with van der Waals surface area (Å²) in [6, 6.07) is 13.5. The molecule has 2 heterocycles. The lowest BCUT2D eigenvalue weighted by Crippen LogP contribution is -2.55. The van der Waals surface area contributed by atoms with Crippen molar-refractivity contribution in [1.82, 2.24) is 5.01 Å². The van der Waals surface area contributed by atoms with Crippen molar-refractivity contribution in [3.63, 3.8) is 0 Å². The number of hydrogen-bond acceptors (Lipinski definition) is 11. The highest BCUT2D eigenvalue weighted by Crippen LogP contribution is 2.44. The molecule has 2 aliphatic heterocycles. The van der Waals surface area contributed by atoms with Crippen LogP contribution in [0.2, 0.25) is 0 Å². The first-order chi connectivity index (χ1) is 21.3. The van der Waals surface area contributed by atoms with Gasteiger partial charge < -0.3 is 39.0 Å². The fourth-order valence-electron chi connectivity index (χ4n) is 5.67. The van der Waals surface area contributed by atoms with Crippen molar-refractivity contribution in [2.45, 2.75) is 18.2 Å². The number of benzene rings is 3. The van der Waals surface area contributed by atoms with Gasteiger partial charge >= 0.3 is 0 Å². The highest BCUT2D eigenvalue weighted by molar-refractivity contribution is 6.24. The molecule has 0 aromatic heterocycles. The average molecular weight is 606 g/mol. The molecule has 12 heteroatoms.